The fourth-order valence-electron chi connectivity index (χ4n) is 6.90. The van der Waals surface area contributed by atoms with Crippen LogP contribution in [0, 0.1) is 11.8 Å². The summed E-state index contributed by atoms with van der Waals surface area (Å²) < 4.78 is 0. The number of amides is 4. The number of anilines is 1. The molecule has 0 spiro atoms. The van der Waals surface area contributed by atoms with Gasteiger partial charge in [0.05, 0.1) is 22.3 Å². The highest BCUT2D eigenvalue weighted by atomic mass is 35.5. The number of benzene rings is 2. The minimum Gasteiger partial charge on any atom is -0.356 e. The molecular formula is C37H35ClN6O4. The molecule has 0 saturated carbocycles. The number of aryl methyl sites for hydroxylation is 1. The minimum atomic E-state index is -0.650. The number of halogens is 1. The summed E-state index contributed by atoms with van der Waals surface area (Å²) >= 11 is 6.69. The molecule has 1 unspecified atom stereocenters. The first-order chi connectivity index (χ1) is 23.3. The van der Waals surface area contributed by atoms with Gasteiger partial charge in [0, 0.05) is 53.7 Å². The van der Waals surface area contributed by atoms with Crippen LogP contribution in [0.15, 0.2) is 54.7 Å². The van der Waals surface area contributed by atoms with Gasteiger partial charge in [-0.25, -0.2) is 4.98 Å². The molecule has 11 heteroatoms. The fraction of sp³-hybridized carbons (Fsp3) is 0.324. The standard InChI is InChI=1S/C37H35ClN6O4/c1-43-18-6-11-29(43)34-33(38)26-20-39-31(19-28(26)40-34)41-35(46)24-14-12-22(13-15-24)7-3-2-4-8-23-9-5-10-25-27(23)21-44(37(25)48)30-16-17-32(45)42-36(30)47/h5,9-10,12-15,19-20,29-30,40H,2-3,6-7,11,16-18,21H2,1H3,(H,39,41,46)(H,42,45,47)/t29-,30?/m1/s1. The normalized spacial score (nSPS) is 19.3. The molecule has 5 heterocycles. The SMILES string of the molecule is CN1CCC[C@@H]1c1[nH]c2cc(NC(=O)c3ccc(CCCC#Cc4cccc5c4CN(C4CCC(=O)NC4=O)C5=O)cc3)ncc2c1Cl. The van der Waals surface area contributed by atoms with Crippen molar-refractivity contribution >= 4 is 52.0 Å². The molecule has 48 heavy (non-hydrogen) atoms. The molecular weight excluding hydrogens is 628 g/mol. The number of likely N-dealkylation sites (tertiary alicyclic amines) is 1. The number of hydrogen-bond donors (Lipinski definition) is 3. The van der Waals surface area contributed by atoms with Gasteiger partial charge < -0.3 is 15.2 Å². The van der Waals surface area contributed by atoms with E-state index in [-0.39, 0.29) is 30.2 Å². The van der Waals surface area contributed by atoms with Crippen LogP contribution in [0.3, 0.4) is 0 Å². The number of nitrogens with one attached hydrogen (secondary N) is 3. The largest absolute Gasteiger partial charge is 0.356 e. The topological polar surface area (TPSA) is 127 Å². The molecule has 4 aromatic rings. The highest BCUT2D eigenvalue weighted by molar-refractivity contribution is 6.36. The average Bonchev–Trinajstić information content (AvgIpc) is 3.75. The lowest BCUT2D eigenvalue weighted by Gasteiger charge is -2.29. The molecule has 3 aliphatic rings. The van der Waals surface area contributed by atoms with Crippen molar-refractivity contribution in [2.24, 2.45) is 0 Å². The summed E-state index contributed by atoms with van der Waals surface area (Å²) in [6, 6.07) is 14.4. The summed E-state index contributed by atoms with van der Waals surface area (Å²) in [7, 11) is 2.10. The molecule has 2 saturated heterocycles. The molecule has 4 amide bonds. The van der Waals surface area contributed by atoms with E-state index in [1.165, 1.54) is 0 Å². The Kier molecular flexibility index (Phi) is 8.73. The predicted octanol–water partition coefficient (Wildman–Crippen LogP) is 5.37. The number of piperidine rings is 1. The van der Waals surface area contributed by atoms with Crippen molar-refractivity contribution in [3.05, 3.63) is 93.3 Å². The van der Waals surface area contributed by atoms with Gasteiger partial charge in [-0.3, -0.25) is 29.4 Å². The Morgan fingerprint density at radius 3 is 2.71 bits per heavy atom. The first-order valence-corrected chi connectivity index (χ1v) is 16.7. The lowest BCUT2D eigenvalue weighted by Crippen LogP contribution is -2.52. The number of fused-ring (bicyclic) bond motifs is 2. The van der Waals surface area contributed by atoms with Crippen molar-refractivity contribution in [3.8, 4) is 11.8 Å². The minimum absolute atomic E-state index is 0.204. The Hall–Kier alpha value is -4.98. The van der Waals surface area contributed by atoms with Crippen molar-refractivity contribution in [2.45, 2.75) is 63.6 Å². The number of nitrogens with zero attached hydrogens (tertiary/aromatic N) is 3. The van der Waals surface area contributed by atoms with Gasteiger partial charge in [-0.15, -0.1) is 0 Å². The number of carbonyl (C=O) groups excluding carboxylic acids is 4. The number of rotatable bonds is 7. The summed E-state index contributed by atoms with van der Waals surface area (Å²) in [6.45, 7) is 1.34. The van der Waals surface area contributed by atoms with Crippen LogP contribution in [0.25, 0.3) is 10.9 Å². The summed E-state index contributed by atoms with van der Waals surface area (Å²) in [5.74, 6) is 5.73. The van der Waals surface area contributed by atoms with Gasteiger partial charge >= 0.3 is 0 Å². The Bertz CT molecular complexity index is 2010. The van der Waals surface area contributed by atoms with Crippen LogP contribution >= 0.6 is 11.6 Å². The zero-order chi connectivity index (χ0) is 33.4. The smallest absolute Gasteiger partial charge is 0.256 e. The number of hydrogen-bond acceptors (Lipinski definition) is 6. The zero-order valence-corrected chi connectivity index (χ0v) is 27.3. The van der Waals surface area contributed by atoms with Crippen molar-refractivity contribution in [1.82, 2.24) is 25.1 Å². The number of H-pyrrole nitrogens is 1. The Morgan fingerprint density at radius 1 is 1.10 bits per heavy atom. The maximum atomic E-state index is 13.1. The van der Waals surface area contributed by atoms with E-state index < -0.39 is 11.9 Å². The third-order valence-corrected chi connectivity index (χ3v) is 9.94. The molecule has 0 radical (unpaired) electrons. The first-order valence-electron chi connectivity index (χ1n) is 16.3. The molecule has 2 fully saturated rings. The van der Waals surface area contributed by atoms with Crippen LogP contribution in [-0.2, 0) is 22.6 Å². The van der Waals surface area contributed by atoms with Crippen molar-refractivity contribution in [1.29, 1.82) is 0 Å². The fourth-order valence-corrected chi connectivity index (χ4v) is 7.23. The van der Waals surface area contributed by atoms with E-state index in [2.05, 4.69) is 44.4 Å². The average molecular weight is 663 g/mol. The van der Waals surface area contributed by atoms with Crippen LogP contribution in [0.5, 0.6) is 0 Å². The molecule has 3 N–H and O–H groups in total. The Balaban J connectivity index is 0.925. The van der Waals surface area contributed by atoms with Crippen LogP contribution in [0.4, 0.5) is 5.82 Å². The third-order valence-electron chi connectivity index (χ3n) is 9.53. The molecule has 2 aromatic heterocycles. The van der Waals surface area contributed by atoms with Gasteiger partial charge in [0.2, 0.25) is 11.8 Å². The summed E-state index contributed by atoms with van der Waals surface area (Å²) in [5, 5.41) is 6.77. The number of pyridine rings is 1. The van der Waals surface area contributed by atoms with Gasteiger partial charge in [0.1, 0.15) is 11.9 Å². The molecule has 2 atom stereocenters. The van der Waals surface area contributed by atoms with Gasteiger partial charge in [0.25, 0.3) is 11.8 Å². The second-order valence-corrected chi connectivity index (χ2v) is 13.0. The number of unbranched alkanes of at least 4 members (excludes halogenated alkanes) is 1. The monoisotopic (exact) mass is 662 g/mol. The predicted molar refractivity (Wildman–Crippen MR) is 182 cm³/mol. The number of carbonyl (C=O) groups is 4. The van der Waals surface area contributed by atoms with Crippen LogP contribution in [0.1, 0.15) is 87.7 Å². The highest BCUT2D eigenvalue weighted by Crippen LogP contribution is 2.38. The lowest BCUT2D eigenvalue weighted by atomic mass is 10.0. The van der Waals surface area contributed by atoms with E-state index >= 15 is 0 Å². The summed E-state index contributed by atoms with van der Waals surface area (Å²) in [4.78, 5) is 61.7. The van der Waals surface area contributed by atoms with Crippen LogP contribution in [-0.4, -0.2) is 63.0 Å². The summed E-state index contributed by atoms with van der Waals surface area (Å²) in [5.41, 5.74) is 5.64. The molecule has 0 aliphatic carbocycles. The van der Waals surface area contributed by atoms with E-state index in [0.29, 0.717) is 41.4 Å². The quantitative estimate of drug-likeness (QED) is 0.139. The lowest BCUT2D eigenvalue weighted by molar-refractivity contribution is -0.136. The third kappa shape index (κ3) is 6.19. The molecule has 2 aromatic carbocycles. The second kappa shape index (κ2) is 13.3. The molecule has 244 valence electrons. The maximum absolute atomic E-state index is 13.1. The van der Waals surface area contributed by atoms with Crippen molar-refractivity contribution < 1.29 is 19.2 Å². The van der Waals surface area contributed by atoms with Gasteiger partial charge in [-0.2, -0.15) is 0 Å². The van der Waals surface area contributed by atoms with E-state index in [9.17, 15) is 19.2 Å². The molecule has 7 rings (SSSR count). The van der Waals surface area contributed by atoms with Crippen molar-refractivity contribution in [3.63, 3.8) is 0 Å². The van der Waals surface area contributed by atoms with Gasteiger partial charge in [-0.05, 0) is 81.1 Å². The van der Waals surface area contributed by atoms with Crippen LogP contribution < -0.4 is 10.6 Å². The first kappa shape index (κ1) is 31.6. The van der Waals surface area contributed by atoms with Crippen molar-refractivity contribution in [2.75, 3.05) is 18.9 Å². The van der Waals surface area contributed by atoms with E-state index in [4.69, 9.17) is 11.6 Å². The maximum Gasteiger partial charge on any atom is 0.256 e. The van der Waals surface area contributed by atoms with Gasteiger partial charge in [0.15, 0.2) is 0 Å². The van der Waals surface area contributed by atoms with E-state index in [1.807, 2.05) is 42.5 Å². The molecule has 0 bridgehead atoms. The molecule has 10 nitrogen and oxygen atoms in total. The van der Waals surface area contributed by atoms with Crippen LogP contribution in [0.2, 0.25) is 5.02 Å². The molecule has 3 aliphatic heterocycles. The number of imide groups is 1. The zero-order valence-electron chi connectivity index (χ0n) is 26.6. The van der Waals surface area contributed by atoms with Gasteiger partial charge in [-0.1, -0.05) is 41.6 Å². The Labute approximate surface area is 283 Å². The second-order valence-electron chi connectivity index (χ2n) is 12.6. The van der Waals surface area contributed by atoms with E-state index in [1.54, 1.807) is 17.2 Å². The summed E-state index contributed by atoms with van der Waals surface area (Å²) in [6.07, 6.45) is 6.73. The Morgan fingerprint density at radius 2 is 1.94 bits per heavy atom. The van der Waals surface area contributed by atoms with E-state index in [0.717, 1.165) is 65.5 Å². The highest BCUT2D eigenvalue weighted by Gasteiger charge is 2.39. The number of aromatic nitrogens is 2. The number of aromatic amines is 1.